The summed E-state index contributed by atoms with van der Waals surface area (Å²) >= 11 is 0. The summed E-state index contributed by atoms with van der Waals surface area (Å²) in [7, 11) is 0. The van der Waals surface area contributed by atoms with E-state index >= 15 is 0 Å². The summed E-state index contributed by atoms with van der Waals surface area (Å²) in [6, 6.07) is 15.2. The maximum absolute atomic E-state index is 13.0. The van der Waals surface area contributed by atoms with Crippen LogP contribution in [0.4, 0.5) is 16.2 Å². The molecule has 4 nitrogen and oxygen atoms in total. The third-order valence-corrected chi connectivity index (χ3v) is 5.67. The normalized spacial score (nSPS) is 17.1. The number of carbonyl (C=O) groups excluding carboxylic acids is 1. The second kappa shape index (κ2) is 8.68. The molecule has 1 aliphatic heterocycles. The highest BCUT2D eigenvalue weighted by molar-refractivity contribution is 5.91. The van der Waals surface area contributed by atoms with Gasteiger partial charge in [-0.05, 0) is 55.0 Å². The van der Waals surface area contributed by atoms with E-state index in [0.717, 1.165) is 31.7 Å². The van der Waals surface area contributed by atoms with Crippen LogP contribution in [-0.2, 0) is 6.42 Å². The minimum Gasteiger partial charge on any atom is -0.365 e. The predicted octanol–water partition coefficient (Wildman–Crippen LogP) is 5.42. The van der Waals surface area contributed by atoms with E-state index in [1.165, 1.54) is 22.4 Å². The van der Waals surface area contributed by atoms with Gasteiger partial charge in [0.25, 0.3) is 0 Å². The van der Waals surface area contributed by atoms with Crippen LogP contribution in [0.5, 0.6) is 0 Å². The van der Waals surface area contributed by atoms with Crippen molar-refractivity contribution in [3.05, 3.63) is 59.2 Å². The highest BCUT2D eigenvalue weighted by atomic mass is 16.2. The molecule has 0 bridgehead atoms. The molecule has 0 spiro atoms. The van der Waals surface area contributed by atoms with Crippen LogP contribution in [0.25, 0.3) is 0 Å². The molecule has 4 heteroatoms. The number of rotatable bonds is 4. The van der Waals surface area contributed by atoms with Gasteiger partial charge in [0.1, 0.15) is 0 Å². The van der Waals surface area contributed by atoms with E-state index in [4.69, 9.17) is 0 Å². The van der Waals surface area contributed by atoms with Crippen molar-refractivity contribution in [1.82, 2.24) is 4.90 Å². The van der Waals surface area contributed by atoms with Crippen molar-refractivity contribution >= 4 is 17.4 Å². The molecule has 1 N–H and O–H groups in total. The number of amides is 2. The first-order chi connectivity index (χ1) is 13.4. The first-order valence-corrected chi connectivity index (χ1v) is 10.4. The topological polar surface area (TPSA) is 35.6 Å². The number of para-hydroxylation sites is 1. The quantitative estimate of drug-likeness (QED) is 0.769. The van der Waals surface area contributed by atoms with Gasteiger partial charge >= 0.3 is 6.03 Å². The number of nitrogens with one attached hydrogen (secondary N) is 1. The maximum Gasteiger partial charge on any atom is 0.321 e. The van der Waals surface area contributed by atoms with Gasteiger partial charge < -0.3 is 15.1 Å². The van der Waals surface area contributed by atoms with Crippen LogP contribution in [0.15, 0.2) is 42.5 Å². The Kier molecular flexibility index (Phi) is 6.28. The molecule has 1 unspecified atom stereocenters. The molecule has 2 aromatic carbocycles. The minimum atomic E-state index is 0.0125. The predicted molar refractivity (Wildman–Crippen MR) is 118 cm³/mol. The number of nitrogens with zero attached hydrogens (tertiary/aromatic N) is 2. The van der Waals surface area contributed by atoms with Gasteiger partial charge in [0.05, 0.1) is 0 Å². The fourth-order valence-electron chi connectivity index (χ4n) is 4.07. The average molecular weight is 380 g/mol. The lowest BCUT2D eigenvalue weighted by Gasteiger charge is -2.41. The van der Waals surface area contributed by atoms with Gasteiger partial charge in [-0.1, -0.05) is 51.1 Å². The van der Waals surface area contributed by atoms with Crippen LogP contribution in [0, 0.1) is 6.92 Å². The van der Waals surface area contributed by atoms with Crippen LogP contribution in [-0.4, -0.2) is 36.6 Å². The molecule has 28 heavy (non-hydrogen) atoms. The lowest BCUT2D eigenvalue weighted by atomic mass is 9.96. The Bertz CT molecular complexity index is 830. The van der Waals surface area contributed by atoms with Gasteiger partial charge in [0, 0.05) is 37.1 Å². The van der Waals surface area contributed by atoms with Crippen LogP contribution in [0.3, 0.4) is 0 Å². The third kappa shape index (κ3) is 4.32. The SMILES string of the molecule is CCc1cccc(C(C)C)c1NC(=O)N1CCN(c2cccc(C)c2)C(C)C1. The van der Waals surface area contributed by atoms with Crippen molar-refractivity contribution in [1.29, 1.82) is 0 Å². The third-order valence-electron chi connectivity index (χ3n) is 5.67. The molecule has 1 saturated heterocycles. The van der Waals surface area contributed by atoms with E-state index in [1.54, 1.807) is 0 Å². The highest BCUT2D eigenvalue weighted by Crippen LogP contribution is 2.29. The summed E-state index contributed by atoms with van der Waals surface area (Å²) in [6.07, 6.45) is 0.910. The molecule has 2 aromatic rings. The molecule has 1 atom stereocenters. The van der Waals surface area contributed by atoms with Crippen molar-refractivity contribution < 1.29 is 4.79 Å². The summed E-state index contributed by atoms with van der Waals surface area (Å²) in [4.78, 5) is 17.4. The zero-order valence-electron chi connectivity index (χ0n) is 17.8. The lowest BCUT2D eigenvalue weighted by molar-refractivity contribution is 0.200. The second-order valence-electron chi connectivity index (χ2n) is 8.15. The van der Waals surface area contributed by atoms with E-state index in [1.807, 2.05) is 4.90 Å². The first-order valence-electron chi connectivity index (χ1n) is 10.4. The Balaban J connectivity index is 1.72. The van der Waals surface area contributed by atoms with Gasteiger partial charge in [-0.2, -0.15) is 0 Å². The Morgan fingerprint density at radius 2 is 1.93 bits per heavy atom. The maximum atomic E-state index is 13.0. The number of benzene rings is 2. The molecule has 1 heterocycles. The largest absolute Gasteiger partial charge is 0.365 e. The van der Waals surface area contributed by atoms with Crippen molar-refractivity contribution in [2.45, 2.75) is 53.0 Å². The fraction of sp³-hybridized carbons (Fsp3) is 0.458. The molecule has 1 fully saturated rings. The monoisotopic (exact) mass is 379 g/mol. The number of urea groups is 1. The molecule has 0 aromatic heterocycles. The zero-order valence-corrected chi connectivity index (χ0v) is 17.8. The smallest absolute Gasteiger partial charge is 0.321 e. The fourth-order valence-corrected chi connectivity index (χ4v) is 4.07. The van der Waals surface area contributed by atoms with Crippen molar-refractivity contribution in [2.24, 2.45) is 0 Å². The van der Waals surface area contributed by atoms with E-state index < -0.39 is 0 Å². The van der Waals surface area contributed by atoms with Gasteiger partial charge in [0.2, 0.25) is 0 Å². The lowest BCUT2D eigenvalue weighted by Crippen LogP contribution is -2.54. The molecule has 3 rings (SSSR count). The van der Waals surface area contributed by atoms with Crippen LogP contribution >= 0.6 is 0 Å². The van der Waals surface area contributed by atoms with Gasteiger partial charge in [-0.3, -0.25) is 0 Å². The van der Waals surface area contributed by atoms with Gasteiger partial charge in [-0.15, -0.1) is 0 Å². The summed E-state index contributed by atoms with van der Waals surface area (Å²) in [5, 5.41) is 3.23. The number of aryl methyl sites for hydroxylation is 2. The molecular formula is C24H33N3O. The van der Waals surface area contributed by atoms with E-state index in [2.05, 4.69) is 87.3 Å². The van der Waals surface area contributed by atoms with Crippen LogP contribution in [0.1, 0.15) is 50.3 Å². The Morgan fingerprint density at radius 3 is 2.57 bits per heavy atom. The Labute approximate surface area is 169 Å². The van der Waals surface area contributed by atoms with Crippen molar-refractivity contribution in [3.8, 4) is 0 Å². The highest BCUT2D eigenvalue weighted by Gasteiger charge is 2.27. The molecular weight excluding hydrogens is 346 g/mol. The standard InChI is InChI=1S/C24H33N3O/c1-6-20-10-8-12-22(17(2)3)23(20)25-24(28)26-13-14-27(19(5)16-26)21-11-7-9-18(4)15-21/h7-12,15,17,19H,6,13-14,16H2,1-5H3,(H,25,28). The molecule has 150 valence electrons. The number of piperazine rings is 1. The van der Waals surface area contributed by atoms with Crippen LogP contribution < -0.4 is 10.2 Å². The Morgan fingerprint density at radius 1 is 1.18 bits per heavy atom. The summed E-state index contributed by atoms with van der Waals surface area (Å²) < 4.78 is 0. The second-order valence-corrected chi connectivity index (χ2v) is 8.15. The summed E-state index contributed by atoms with van der Waals surface area (Å²) in [5.74, 6) is 0.374. The molecule has 0 aliphatic carbocycles. The summed E-state index contributed by atoms with van der Waals surface area (Å²) in [5.41, 5.74) is 5.91. The van der Waals surface area contributed by atoms with Crippen molar-refractivity contribution in [2.75, 3.05) is 29.9 Å². The van der Waals surface area contributed by atoms with E-state index in [-0.39, 0.29) is 12.1 Å². The minimum absolute atomic E-state index is 0.0125. The summed E-state index contributed by atoms with van der Waals surface area (Å²) in [6.45, 7) is 13.1. The number of anilines is 2. The van der Waals surface area contributed by atoms with E-state index in [9.17, 15) is 4.79 Å². The molecule has 1 aliphatic rings. The number of carbonyl (C=O) groups is 1. The zero-order chi connectivity index (χ0) is 20.3. The Hall–Kier alpha value is -2.49. The molecule has 0 saturated carbocycles. The molecule has 2 amide bonds. The van der Waals surface area contributed by atoms with Crippen molar-refractivity contribution in [3.63, 3.8) is 0 Å². The average Bonchev–Trinajstić information content (AvgIpc) is 2.67. The first kappa shape index (κ1) is 20.2. The molecule has 0 radical (unpaired) electrons. The number of hydrogen-bond acceptors (Lipinski definition) is 2. The number of hydrogen-bond donors (Lipinski definition) is 1. The van der Waals surface area contributed by atoms with Gasteiger partial charge in [0.15, 0.2) is 0 Å². The van der Waals surface area contributed by atoms with E-state index in [0.29, 0.717) is 5.92 Å². The van der Waals surface area contributed by atoms with Crippen LogP contribution in [0.2, 0.25) is 0 Å². The van der Waals surface area contributed by atoms with Gasteiger partial charge in [-0.25, -0.2) is 4.79 Å².